The Kier molecular flexibility index (Phi) is 5.67. The van der Waals surface area contributed by atoms with Crippen molar-refractivity contribution in [3.63, 3.8) is 0 Å². The van der Waals surface area contributed by atoms with Gasteiger partial charge in [0.25, 0.3) is 0 Å². The van der Waals surface area contributed by atoms with Crippen molar-refractivity contribution in [3.8, 4) is 5.75 Å². The topological polar surface area (TPSA) is 47.9 Å². The van der Waals surface area contributed by atoms with Gasteiger partial charge < -0.3 is 10.0 Å². The second-order valence-electron chi connectivity index (χ2n) is 4.80. The average Bonchev–Trinajstić information content (AvgIpc) is 2.51. The summed E-state index contributed by atoms with van der Waals surface area (Å²) in [4.78, 5) is 2.17. The van der Waals surface area contributed by atoms with E-state index in [0.717, 1.165) is 24.5 Å². The van der Waals surface area contributed by atoms with Crippen molar-refractivity contribution < 1.29 is 5.11 Å². The molecule has 4 nitrogen and oxygen atoms in total. The second kappa shape index (κ2) is 7.71. The zero-order valence-electron chi connectivity index (χ0n) is 12.8. The lowest BCUT2D eigenvalue weighted by Gasteiger charge is -2.21. The van der Waals surface area contributed by atoms with Crippen molar-refractivity contribution >= 4 is 29.2 Å². The molecule has 2 N–H and O–H groups in total. The number of hydrogen-bond acceptors (Lipinski definition) is 4. The number of hydrogen-bond donors (Lipinski definition) is 2. The van der Waals surface area contributed by atoms with Gasteiger partial charge >= 0.3 is 0 Å². The highest BCUT2D eigenvalue weighted by Crippen LogP contribution is 2.23. The van der Waals surface area contributed by atoms with Gasteiger partial charge in [0.05, 0.1) is 11.9 Å². The molecule has 0 saturated carbocycles. The maximum absolute atomic E-state index is 10.1. The van der Waals surface area contributed by atoms with Crippen molar-refractivity contribution in [3.05, 3.63) is 53.1 Å². The molecule has 0 amide bonds. The summed E-state index contributed by atoms with van der Waals surface area (Å²) in [6, 6.07) is 12.9. The van der Waals surface area contributed by atoms with Gasteiger partial charge in [0, 0.05) is 35.4 Å². The van der Waals surface area contributed by atoms with Crippen LogP contribution in [0.5, 0.6) is 5.75 Å². The Morgan fingerprint density at radius 3 is 2.59 bits per heavy atom. The monoisotopic (exact) mass is 317 g/mol. The number of nitrogens with zero attached hydrogens (tertiary/aromatic N) is 2. The van der Waals surface area contributed by atoms with E-state index in [-0.39, 0.29) is 5.75 Å². The quantitative estimate of drug-likeness (QED) is 0.615. The number of rotatable bonds is 6. The summed E-state index contributed by atoms with van der Waals surface area (Å²) in [5, 5.41) is 14.9. The largest absolute Gasteiger partial charge is 0.507 e. The number of phenols is 1. The van der Waals surface area contributed by atoms with Gasteiger partial charge in [-0.2, -0.15) is 5.10 Å². The van der Waals surface area contributed by atoms with E-state index in [1.54, 1.807) is 24.4 Å². The van der Waals surface area contributed by atoms with Crippen LogP contribution in [0.15, 0.2) is 47.6 Å². The fourth-order valence-corrected chi connectivity index (χ4v) is 2.35. The molecule has 2 aromatic rings. The lowest BCUT2D eigenvalue weighted by molar-refractivity contribution is 0.474. The van der Waals surface area contributed by atoms with E-state index in [0.29, 0.717) is 10.6 Å². The van der Waals surface area contributed by atoms with Crippen LogP contribution in [0.3, 0.4) is 0 Å². The van der Waals surface area contributed by atoms with Gasteiger partial charge in [-0.1, -0.05) is 17.7 Å². The molecule has 0 fully saturated rings. The van der Waals surface area contributed by atoms with E-state index in [1.807, 2.05) is 24.3 Å². The number of nitrogens with one attached hydrogen (secondary N) is 1. The third kappa shape index (κ3) is 4.15. The average molecular weight is 318 g/mol. The molecule has 2 aromatic carbocycles. The van der Waals surface area contributed by atoms with Crippen LogP contribution in [0.4, 0.5) is 11.4 Å². The molecule has 0 saturated heterocycles. The molecule has 0 aliphatic heterocycles. The molecule has 0 aromatic heterocycles. The molecular formula is C17H20ClN3O. The van der Waals surface area contributed by atoms with Gasteiger partial charge in [0.2, 0.25) is 0 Å². The molecular weight excluding hydrogens is 298 g/mol. The predicted molar refractivity (Wildman–Crippen MR) is 94.3 cm³/mol. The second-order valence-corrected chi connectivity index (χ2v) is 5.23. The third-order valence-electron chi connectivity index (χ3n) is 3.36. The normalized spacial score (nSPS) is 10.9. The molecule has 0 radical (unpaired) electrons. The third-order valence-corrected chi connectivity index (χ3v) is 3.60. The SMILES string of the molecule is CCN(CC)c1ccc(C=NNc2cccc(Cl)c2)c(O)c1. The summed E-state index contributed by atoms with van der Waals surface area (Å²) >= 11 is 5.90. The molecule has 0 heterocycles. The first-order chi connectivity index (χ1) is 10.6. The summed E-state index contributed by atoms with van der Waals surface area (Å²) in [6.45, 7) is 5.98. The number of benzene rings is 2. The molecule has 0 unspecified atom stereocenters. The number of halogens is 1. The minimum absolute atomic E-state index is 0.209. The Bertz CT molecular complexity index is 654. The Hall–Kier alpha value is -2.20. The molecule has 2 rings (SSSR count). The van der Waals surface area contributed by atoms with Crippen LogP contribution in [-0.4, -0.2) is 24.4 Å². The summed E-state index contributed by atoms with van der Waals surface area (Å²) in [5.74, 6) is 0.209. The summed E-state index contributed by atoms with van der Waals surface area (Å²) in [6.07, 6.45) is 1.59. The van der Waals surface area contributed by atoms with Crippen LogP contribution in [0.2, 0.25) is 5.02 Å². The smallest absolute Gasteiger partial charge is 0.126 e. The van der Waals surface area contributed by atoms with Gasteiger partial charge in [-0.05, 0) is 44.2 Å². The van der Waals surface area contributed by atoms with Crippen LogP contribution in [-0.2, 0) is 0 Å². The fourth-order valence-electron chi connectivity index (χ4n) is 2.16. The Balaban J connectivity index is 2.08. The molecule has 22 heavy (non-hydrogen) atoms. The van der Waals surface area contributed by atoms with Crippen molar-refractivity contribution in [2.45, 2.75) is 13.8 Å². The Morgan fingerprint density at radius 1 is 1.18 bits per heavy atom. The van der Waals surface area contributed by atoms with E-state index in [2.05, 4.69) is 29.3 Å². The van der Waals surface area contributed by atoms with E-state index < -0.39 is 0 Å². The van der Waals surface area contributed by atoms with E-state index in [4.69, 9.17) is 11.6 Å². The maximum atomic E-state index is 10.1. The maximum Gasteiger partial charge on any atom is 0.126 e. The van der Waals surface area contributed by atoms with Crippen LogP contribution in [0.1, 0.15) is 19.4 Å². The highest BCUT2D eigenvalue weighted by molar-refractivity contribution is 6.30. The molecule has 0 spiro atoms. The number of aromatic hydroxyl groups is 1. The number of phenolic OH excluding ortho intramolecular Hbond substituents is 1. The first-order valence-corrected chi connectivity index (χ1v) is 7.64. The minimum Gasteiger partial charge on any atom is -0.507 e. The van der Waals surface area contributed by atoms with Crippen molar-refractivity contribution in [1.82, 2.24) is 0 Å². The van der Waals surface area contributed by atoms with Gasteiger partial charge in [0.1, 0.15) is 5.75 Å². The van der Waals surface area contributed by atoms with E-state index >= 15 is 0 Å². The van der Waals surface area contributed by atoms with Crippen molar-refractivity contribution in [2.75, 3.05) is 23.4 Å². The minimum atomic E-state index is 0.209. The molecule has 116 valence electrons. The molecule has 0 bridgehead atoms. The highest BCUT2D eigenvalue weighted by atomic mass is 35.5. The highest BCUT2D eigenvalue weighted by Gasteiger charge is 2.05. The lowest BCUT2D eigenvalue weighted by Crippen LogP contribution is -2.21. The lowest BCUT2D eigenvalue weighted by atomic mass is 10.2. The van der Waals surface area contributed by atoms with Crippen LogP contribution < -0.4 is 10.3 Å². The summed E-state index contributed by atoms with van der Waals surface area (Å²) in [5.41, 5.74) is 5.34. The number of anilines is 2. The molecule has 0 aliphatic rings. The van der Waals surface area contributed by atoms with E-state index in [1.165, 1.54) is 0 Å². The van der Waals surface area contributed by atoms with Crippen LogP contribution >= 0.6 is 11.6 Å². The molecule has 0 aliphatic carbocycles. The summed E-state index contributed by atoms with van der Waals surface area (Å²) < 4.78 is 0. The zero-order valence-corrected chi connectivity index (χ0v) is 13.5. The number of hydrazone groups is 1. The van der Waals surface area contributed by atoms with Crippen molar-refractivity contribution in [2.24, 2.45) is 5.10 Å². The fraction of sp³-hybridized carbons (Fsp3) is 0.235. The van der Waals surface area contributed by atoms with Gasteiger partial charge in [-0.15, -0.1) is 0 Å². The first-order valence-electron chi connectivity index (χ1n) is 7.26. The van der Waals surface area contributed by atoms with Crippen molar-refractivity contribution in [1.29, 1.82) is 0 Å². The standard InChI is InChI=1S/C17H20ClN3O/c1-3-21(4-2)16-9-8-13(17(22)11-16)12-19-20-15-7-5-6-14(18)10-15/h5-12,20,22H,3-4H2,1-2H3. The van der Waals surface area contributed by atoms with Crippen LogP contribution in [0, 0.1) is 0 Å². The van der Waals surface area contributed by atoms with Crippen LogP contribution in [0.25, 0.3) is 0 Å². The molecule has 0 atom stereocenters. The van der Waals surface area contributed by atoms with Gasteiger partial charge in [-0.25, -0.2) is 0 Å². The molecule has 5 heteroatoms. The van der Waals surface area contributed by atoms with E-state index in [9.17, 15) is 5.11 Å². The van der Waals surface area contributed by atoms with Gasteiger partial charge in [0.15, 0.2) is 0 Å². The first kappa shape index (κ1) is 16.2. The Morgan fingerprint density at radius 2 is 1.95 bits per heavy atom. The predicted octanol–water partition coefficient (Wildman–Crippen LogP) is 4.34. The Labute approximate surface area is 136 Å². The van der Waals surface area contributed by atoms with Gasteiger partial charge in [-0.3, -0.25) is 5.43 Å². The summed E-state index contributed by atoms with van der Waals surface area (Å²) in [7, 11) is 0. The zero-order chi connectivity index (χ0) is 15.9.